The number of nitrogens with zero attached hydrogens (tertiary/aromatic N) is 2. The van der Waals surface area contributed by atoms with E-state index in [9.17, 15) is 13.2 Å². The fourth-order valence-electron chi connectivity index (χ4n) is 1.95. The van der Waals surface area contributed by atoms with Gasteiger partial charge in [-0.2, -0.15) is 0 Å². The molecule has 0 amide bonds. The first kappa shape index (κ1) is 15.6. The van der Waals surface area contributed by atoms with E-state index >= 15 is 0 Å². The van der Waals surface area contributed by atoms with Crippen LogP contribution in [0.4, 0.5) is 13.2 Å². The molecule has 0 aliphatic rings. The number of hydrogen-bond acceptors (Lipinski definition) is 3. The Hall–Kier alpha value is -1.82. The third kappa shape index (κ3) is 3.64. The number of para-hydroxylation sites is 1. The number of halogens is 4. The second-order valence-corrected chi connectivity index (χ2v) is 4.66. The molecular formula is C14H12ClF3N2O. The van der Waals surface area contributed by atoms with Crippen molar-refractivity contribution in [2.24, 2.45) is 0 Å². The van der Waals surface area contributed by atoms with Crippen LogP contribution in [0.3, 0.4) is 0 Å². The molecule has 0 bridgehead atoms. The number of aromatic nitrogens is 2. The normalized spacial score (nSPS) is 11.5. The quantitative estimate of drug-likeness (QED) is 0.778. The molecule has 1 aromatic carbocycles. The van der Waals surface area contributed by atoms with E-state index in [4.69, 9.17) is 11.6 Å². The van der Waals surface area contributed by atoms with Crippen molar-refractivity contribution in [2.45, 2.75) is 26.6 Å². The Morgan fingerprint density at radius 3 is 2.43 bits per heavy atom. The molecule has 0 aliphatic heterocycles. The smallest absolute Gasteiger partial charge is 0.405 e. The first-order valence-electron chi connectivity index (χ1n) is 6.20. The lowest BCUT2D eigenvalue weighted by Crippen LogP contribution is -2.17. The Bertz CT molecular complexity index is 636. The molecule has 0 aliphatic carbocycles. The van der Waals surface area contributed by atoms with Crippen molar-refractivity contribution in [3.8, 4) is 17.1 Å². The second-order valence-electron chi connectivity index (χ2n) is 4.30. The van der Waals surface area contributed by atoms with Crippen molar-refractivity contribution in [3.05, 3.63) is 40.7 Å². The Kier molecular flexibility index (Phi) is 4.37. The van der Waals surface area contributed by atoms with Crippen molar-refractivity contribution in [1.82, 2.24) is 9.97 Å². The van der Waals surface area contributed by atoms with Crippen LogP contribution >= 0.6 is 11.6 Å². The number of benzene rings is 1. The molecule has 2 rings (SSSR count). The Balaban J connectivity index is 2.52. The summed E-state index contributed by atoms with van der Waals surface area (Å²) < 4.78 is 41.3. The number of aryl methyl sites for hydroxylation is 1. The van der Waals surface area contributed by atoms with Gasteiger partial charge in [-0.25, -0.2) is 9.97 Å². The zero-order valence-electron chi connectivity index (χ0n) is 11.3. The molecule has 0 spiro atoms. The summed E-state index contributed by atoms with van der Waals surface area (Å²) in [7, 11) is 0. The van der Waals surface area contributed by atoms with Crippen LogP contribution in [0.5, 0.6) is 5.75 Å². The monoisotopic (exact) mass is 316 g/mol. The van der Waals surface area contributed by atoms with Crippen LogP contribution in [0.15, 0.2) is 24.3 Å². The van der Waals surface area contributed by atoms with Gasteiger partial charge in [0, 0.05) is 11.3 Å². The molecule has 1 aromatic heterocycles. The highest BCUT2D eigenvalue weighted by atomic mass is 35.5. The average Bonchev–Trinajstić information content (AvgIpc) is 2.37. The van der Waals surface area contributed by atoms with Crippen molar-refractivity contribution in [3.63, 3.8) is 0 Å². The van der Waals surface area contributed by atoms with Crippen molar-refractivity contribution >= 4 is 11.6 Å². The fourth-order valence-corrected chi connectivity index (χ4v) is 2.30. The molecule has 0 atom stereocenters. The molecule has 1 heterocycles. The molecule has 112 valence electrons. The van der Waals surface area contributed by atoms with Gasteiger partial charge in [-0.3, -0.25) is 0 Å². The maximum Gasteiger partial charge on any atom is 0.573 e. The van der Waals surface area contributed by atoms with Crippen LogP contribution in [0, 0.1) is 6.92 Å². The topological polar surface area (TPSA) is 35.0 Å². The Morgan fingerprint density at radius 1 is 1.19 bits per heavy atom. The lowest BCUT2D eigenvalue weighted by Gasteiger charge is -2.13. The van der Waals surface area contributed by atoms with Gasteiger partial charge in [0.05, 0.1) is 5.56 Å². The van der Waals surface area contributed by atoms with E-state index in [0.29, 0.717) is 12.1 Å². The minimum Gasteiger partial charge on any atom is -0.405 e. The molecule has 0 N–H and O–H groups in total. The lowest BCUT2D eigenvalue weighted by molar-refractivity contribution is -0.274. The van der Waals surface area contributed by atoms with Crippen LogP contribution in [-0.4, -0.2) is 16.3 Å². The van der Waals surface area contributed by atoms with Gasteiger partial charge in [0.1, 0.15) is 10.9 Å². The summed E-state index contributed by atoms with van der Waals surface area (Å²) in [6.45, 7) is 3.64. The Labute approximate surface area is 124 Å². The summed E-state index contributed by atoms with van der Waals surface area (Å²) in [5.74, 6) is -0.251. The third-order valence-electron chi connectivity index (χ3n) is 2.87. The molecule has 0 saturated heterocycles. The maximum atomic E-state index is 12.4. The third-order valence-corrected chi connectivity index (χ3v) is 3.18. The second kappa shape index (κ2) is 5.89. The standard InChI is InChI=1S/C14H12ClF3N2O/c1-3-9-8(2)19-13(20-12(9)15)10-6-4-5-7-11(10)21-14(16,17)18/h4-7H,3H2,1-2H3. The van der Waals surface area contributed by atoms with Gasteiger partial charge in [-0.15, -0.1) is 13.2 Å². The fraction of sp³-hybridized carbons (Fsp3) is 0.286. The lowest BCUT2D eigenvalue weighted by atomic mass is 10.1. The van der Waals surface area contributed by atoms with Gasteiger partial charge in [-0.1, -0.05) is 30.7 Å². The van der Waals surface area contributed by atoms with E-state index in [-0.39, 0.29) is 22.3 Å². The molecular weight excluding hydrogens is 305 g/mol. The zero-order chi connectivity index (χ0) is 15.6. The molecule has 0 radical (unpaired) electrons. The minimum absolute atomic E-state index is 0.106. The first-order valence-corrected chi connectivity index (χ1v) is 6.57. The number of alkyl halides is 3. The number of rotatable bonds is 3. The zero-order valence-corrected chi connectivity index (χ0v) is 12.1. The van der Waals surface area contributed by atoms with Gasteiger partial charge in [0.2, 0.25) is 0 Å². The first-order chi connectivity index (χ1) is 9.81. The molecule has 0 fully saturated rings. The predicted molar refractivity (Wildman–Crippen MR) is 73.3 cm³/mol. The van der Waals surface area contributed by atoms with E-state index in [0.717, 1.165) is 5.56 Å². The SMILES string of the molecule is CCc1c(C)nc(-c2ccccc2OC(F)(F)F)nc1Cl. The Morgan fingerprint density at radius 2 is 1.86 bits per heavy atom. The molecule has 2 aromatic rings. The largest absolute Gasteiger partial charge is 0.573 e. The summed E-state index contributed by atoms with van der Waals surface area (Å²) in [4.78, 5) is 8.30. The molecule has 21 heavy (non-hydrogen) atoms. The number of ether oxygens (including phenoxy) is 1. The molecule has 0 unspecified atom stereocenters. The van der Waals surface area contributed by atoms with Gasteiger partial charge in [-0.05, 0) is 25.5 Å². The van der Waals surface area contributed by atoms with Crippen LogP contribution in [0.1, 0.15) is 18.2 Å². The summed E-state index contributed by atoms with van der Waals surface area (Å²) in [6, 6.07) is 5.69. The summed E-state index contributed by atoms with van der Waals surface area (Å²) >= 11 is 6.06. The maximum absolute atomic E-state index is 12.4. The molecule has 0 saturated carbocycles. The van der Waals surface area contributed by atoms with Crippen molar-refractivity contribution in [1.29, 1.82) is 0 Å². The van der Waals surface area contributed by atoms with Gasteiger partial charge in [0.25, 0.3) is 0 Å². The minimum atomic E-state index is -4.78. The van der Waals surface area contributed by atoms with E-state index < -0.39 is 6.36 Å². The van der Waals surface area contributed by atoms with E-state index in [1.807, 2.05) is 6.92 Å². The van der Waals surface area contributed by atoms with Crippen LogP contribution < -0.4 is 4.74 Å². The van der Waals surface area contributed by atoms with Gasteiger partial charge >= 0.3 is 6.36 Å². The summed E-state index contributed by atoms with van der Waals surface area (Å²) in [6.07, 6.45) is -4.13. The van der Waals surface area contributed by atoms with Crippen molar-refractivity contribution < 1.29 is 17.9 Å². The van der Waals surface area contributed by atoms with E-state index in [1.165, 1.54) is 18.2 Å². The van der Waals surface area contributed by atoms with Crippen LogP contribution in [0.25, 0.3) is 11.4 Å². The highest BCUT2D eigenvalue weighted by molar-refractivity contribution is 6.30. The summed E-state index contributed by atoms with van der Waals surface area (Å²) in [5.41, 5.74) is 1.55. The van der Waals surface area contributed by atoms with Gasteiger partial charge < -0.3 is 4.74 Å². The number of hydrogen-bond donors (Lipinski definition) is 0. The van der Waals surface area contributed by atoms with Gasteiger partial charge in [0.15, 0.2) is 5.82 Å². The average molecular weight is 317 g/mol. The molecule has 7 heteroatoms. The summed E-state index contributed by atoms with van der Waals surface area (Å²) in [5, 5.41) is 0.238. The predicted octanol–water partition coefficient (Wildman–Crippen LogP) is 4.57. The van der Waals surface area contributed by atoms with Crippen molar-refractivity contribution in [2.75, 3.05) is 0 Å². The highest BCUT2D eigenvalue weighted by Gasteiger charge is 2.32. The van der Waals surface area contributed by atoms with Crippen LogP contribution in [0.2, 0.25) is 5.15 Å². The highest BCUT2D eigenvalue weighted by Crippen LogP contribution is 2.33. The van der Waals surface area contributed by atoms with Crippen LogP contribution in [-0.2, 0) is 6.42 Å². The van der Waals surface area contributed by atoms with E-state index in [2.05, 4.69) is 14.7 Å². The van der Waals surface area contributed by atoms with E-state index in [1.54, 1.807) is 13.0 Å². The molecule has 3 nitrogen and oxygen atoms in total.